The number of likely N-dealkylation sites (tertiary alicyclic amines) is 1. The smallest absolute Gasteiger partial charge is 0.419 e. The Kier molecular flexibility index (Phi) is 6.62. The van der Waals surface area contributed by atoms with Crippen LogP contribution in [-0.2, 0) is 4.74 Å². The minimum Gasteiger partial charge on any atom is -0.487 e. The van der Waals surface area contributed by atoms with Gasteiger partial charge in [-0.3, -0.25) is 9.47 Å². The predicted molar refractivity (Wildman–Crippen MR) is 129 cm³/mol. The van der Waals surface area contributed by atoms with Crippen LogP contribution in [0, 0.1) is 13.8 Å². The van der Waals surface area contributed by atoms with Crippen LogP contribution in [0.3, 0.4) is 0 Å². The lowest BCUT2D eigenvalue weighted by Crippen LogP contribution is -2.33. The highest BCUT2D eigenvalue weighted by Crippen LogP contribution is 2.38. The van der Waals surface area contributed by atoms with Crippen molar-refractivity contribution in [2.24, 2.45) is 0 Å². The van der Waals surface area contributed by atoms with Crippen molar-refractivity contribution in [1.29, 1.82) is 0 Å². The number of aryl methyl sites for hydroxylation is 2. The fraction of sp³-hybridized carbons (Fsp3) is 0.444. The van der Waals surface area contributed by atoms with Crippen molar-refractivity contribution in [3.8, 4) is 5.75 Å². The molecule has 5 nitrogen and oxygen atoms in total. The molecule has 0 N–H and O–H groups in total. The first-order chi connectivity index (χ1) is 16.3. The number of hydrogen-bond acceptors (Lipinski definition) is 4. The Labute approximate surface area is 203 Å². The molecule has 35 heavy (non-hydrogen) atoms. The van der Waals surface area contributed by atoms with Crippen molar-refractivity contribution < 1.29 is 27.4 Å². The van der Waals surface area contributed by atoms with E-state index in [-0.39, 0.29) is 19.0 Å². The Hall–Kier alpha value is -3.00. The first-order valence-electron chi connectivity index (χ1n) is 11.7. The van der Waals surface area contributed by atoms with E-state index in [2.05, 4.69) is 0 Å². The van der Waals surface area contributed by atoms with E-state index in [1.54, 1.807) is 33.0 Å². The number of aromatic nitrogens is 1. The molecular formula is C27H31F3N2O3. The van der Waals surface area contributed by atoms with Crippen molar-refractivity contribution in [2.45, 2.75) is 58.4 Å². The Morgan fingerprint density at radius 2 is 1.71 bits per heavy atom. The van der Waals surface area contributed by atoms with Crippen molar-refractivity contribution in [2.75, 3.05) is 19.6 Å². The quantitative estimate of drug-likeness (QED) is 0.423. The second-order valence-corrected chi connectivity index (χ2v) is 10.3. The van der Waals surface area contributed by atoms with Crippen LogP contribution >= 0.6 is 0 Å². The van der Waals surface area contributed by atoms with Crippen LogP contribution in [0.5, 0.6) is 5.75 Å². The zero-order valence-electron chi connectivity index (χ0n) is 20.6. The third-order valence-electron chi connectivity index (χ3n) is 6.13. The largest absolute Gasteiger partial charge is 0.487 e. The van der Waals surface area contributed by atoms with Gasteiger partial charge in [-0.15, -0.1) is 0 Å². The van der Waals surface area contributed by atoms with Crippen LogP contribution in [0.1, 0.15) is 43.4 Å². The average Bonchev–Trinajstić information content (AvgIpc) is 3.34. The number of ether oxygens (including phenoxy) is 2. The molecule has 3 aromatic rings. The Bertz CT molecular complexity index is 1210. The highest BCUT2D eigenvalue weighted by Gasteiger charge is 2.41. The van der Waals surface area contributed by atoms with Crippen LogP contribution < -0.4 is 4.74 Å². The highest BCUT2D eigenvalue weighted by molar-refractivity contribution is 5.96. The lowest BCUT2D eigenvalue weighted by atomic mass is 9.96. The van der Waals surface area contributed by atoms with Gasteiger partial charge in [0.15, 0.2) is 0 Å². The van der Waals surface area contributed by atoms with E-state index < -0.39 is 30.5 Å². The summed E-state index contributed by atoms with van der Waals surface area (Å²) >= 11 is 0. The first kappa shape index (κ1) is 25.1. The Morgan fingerprint density at radius 3 is 2.34 bits per heavy atom. The number of carbonyl (C=O) groups excluding carboxylic acids is 1. The first-order valence-corrected chi connectivity index (χ1v) is 11.7. The Morgan fingerprint density at radius 1 is 1.03 bits per heavy atom. The molecule has 1 saturated heterocycles. The second kappa shape index (κ2) is 9.22. The molecule has 1 aromatic heterocycles. The van der Waals surface area contributed by atoms with E-state index in [0.29, 0.717) is 11.3 Å². The summed E-state index contributed by atoms with van der Waals surface area (Å²) in [5.74, 6) is 0.356. The van der Waals surface area contributed by atoms with Gasteiger partial charge >= 0.3 is 12.3 Å². The third-order valence-corrected chi connectivity index (χ3v) is 6.13. The molecular weight excluding hydrogens is 457 g/mol. The van der Waals surface area contributed by atoms with Gasteiger partial charge in [-0.1, -0.05) is 36.4 Å². The molecule has 0 amide bonds. The molecule has 0 spiro atoms. The van der Waals surface area contributed by atoms with Crippen LogP contribution in [0.4, 0.5) is 18.0 Å². The summed E-state index contributed by atoms with van der Waals surface area (Å²) in [6.45, 7) is 8.66. The van der Waals surface area contributed by atoms with Crippen LogP contribution in [-0.4, -0.2) is 53.1 Å². The highest BCUT2D eigenvalue weighted by atomic mass is 19.4. The maximum atomic E-state index is 13.2. The monoisotopic (exact) mass is 488 g/mol. The number of benzene rings is 2. The predicted octanol–water partition coefficient (Wildman–Crippen LogP) is 6.45. The van der Waals surface area contributed by atoms with Gasteiger partial charge in [-0.2, -0.15) is 13.2 Å². The summed E-state index contributed by atoms with van der Waals surface area (Å²) in [6, 6.07) is 13.2. The average molecular weight is 489 g/mol. The maximum absolute atomic E-state index is 13.2. The number of nitrogens with zero attached hydrogens (tertiary/aromatic N) is 2. The van der Waals surface area contributed by atoms with Crippen LogP contribution in [0.15, 0.2) is 48.7 Å². The van der Waals surface area contributed by atoms with Gasteiger partial charge < -0.3 is 9.47 Å². The zero-order valence-corrected chi connectivity index (χ0v) is 20.6. The van der Waals surface area contributed by atoms with Crippen molar-refractivity contribution in [3.63, 3.8) is 0 Å². The summed E-state index contributed by atoms with van der Waals surface area (Å²) in [7, 11) is 0. The fourth-order valence-corrected chi connectivity index (χ4v) is 4.83. The molecule has 2 unspecified atom stereocenters. The van der Waals surface area contributed by atoms with Gasteiger partial charge in [-0.05, 0) is 57.4 Å². The molecule has 4 rings (SSSR count). The normalized spacial score (nSPS) is 19.3. The van der Waals surface area contributed by atoms with Crippen molar-refractivity contribution in [3.05, 3.63) is 65.4 Å². The standard InChI is InChI=1S/C27H31F3N2O3/c1-17-13-18(2)24(20-11-12-32(23(17)20)25(33)35-26(3,4)5)34-22-15-31(16-27(28,29)30)14-21(22)19-9-7-6-8-10-19/h6-13,21-22H,14-16H2,1-5H3. The lowest BCUT2D eigenvalue weighted by Gasteiger charge is -2.23. The van der Waals surface area contributed by atoms with E-state index in [0.717, 1.165) is 22.1 Å². The van der Waals surface area contributed by atoms with E-state index in [1.165, 1.54) is 9.47 Å². The summed E-state index contributed by atoms with van der Waals surface area (Å²) < 4.78 is 53.0. The van der Waals surface area contributed by atoms with Gasteiger partial charge in [0, 0.05) is 30.6 Å². The number of halogens is 3. The number of carbonyl (C=O) groups is 1. The molecule has 2 heterocycles. The molecule has 1 aliphatic rings. The fourth-order valence-electron chi connectivity index (χ4n) is 4.83. The van der Waals surface area contributed by atoms with Crippen molar-refractivity contribution >= 4 is 17.0 Å². The molecule has 8 heteroatoms. The topological polar surface area (TPSA) is 43.7 Å². The van der Waals surface area contributed by atoms with E-state index >= 15 is 0 Å². The minimum absolute atomic E-state index is 0.153. The van der Waals surface area contributed by atoms with Crippen molar-refractivity contribution in [1.82, 2.24) is 9.47 Å². The third kappa shape index (κ3) is 5.64. The molecule has 1 fully saturated rings. The van der Waals surface area contributed by atoms with Gasteiger partial charge in [0.2, 0.25) is 0 Å². The van der Waals surface area contributed by atoms with E-state index in [4.69, 9.17) is 9.47 Å². The van der Waals surface area contributed by atoms with Crippen LogP contribution in [0.2, 0.25) is 0 Å². The zero-order chi connectivity index (χ0) is 25.5. The second-order valence-electron chi connectivity index (χ2n) is 10.3. The number of fused-ring (bicyclic) bond motifs is 1. The molecule has 0 radical (unpaired) electrons. The molecule has 2 atom stereocenters. The summed E-state index contributed by atoms with van der Waals surface area (Å²) in [5.41, 5.74) is 2.69. The molecule has 0 bridgehead atoms. The summed E-state index contributed by atoms with van der Waals surface area (Å²) in [4.78, 5) is 14.2. The minimum atomic E-state index is -4.28. The summed E-state index contributed by atoms with van der Waals surface area (Å²) in [5, 5.41) is 0.731. The van der Waals surface area contributed by atoms with Gasteiger partial charge in [-0.25, -0.2) is 4.79 Å². The molecule has 2 aromatic carbocycles. The van der Waals surface area contributed by atoms with E-state index in [1.807, 2.05) is 50.2 Å². The lowest BCUT2D eigenvalue weighted by molar-refractivity contribution is -0.144. The summed E-state index contributed by atoms with van der Waals surface area (Å²) in [6.07, 6.45) is -3.61. The van der Waals surface area contributed by atoms with E-state index in [9.17, 15) is 18.0 Å². The van der Waals surface area contributed by atoms with Gasteiger partial charge in [0.1, 0.15) is 17.5 Å². The number of rotatable bonds is 4. The van der Waals surface area contributed by atoms with Gasteiger partial charge in [0.05, 0.1) is 12.1 Å². The SMILES string of the molecule is Cc1cc(C)c2c(ccn2C(=O)OC(C)(C)C)c1OC1CN(CC(F)(F)F)CC1c1ccccc1. The molecule has 0 aliphatic carbocycles. The molecule has 1 aliphatic heterocycles. The van der Waals surface area contributed by atoms with Crippen LogP contribution in [0.25, 0.3) is 10.9 Å². The maximum Gasteiger partial charge on any atom is 0.419 e. The number of alkyl halides is 3. The Balaban J connectivity index is 1.71. The van der Waals surface area contributed by atoms with Gasteiger partial charge in [0.25, 0.3) is 0 Å². The molecule has 0 saturated carbocycles. The number of hydrogen-bond donors (Lipinski definition) is 0. The molecule has 188 valence electrons.